The fraction of sp³-hybridized carbons (Fsp3) is 0.429. The molecule has 0 aliphatic carbocycles. The molecule has 0 aliphatic heterocycles. The van der Waals surface area contributed by atoms with Gasteiger partial charge >= 0.3 is 5.97 Å². The van der Waals surface area contributed by atoms with Crippen molar-refractivity contribution in [1.29, 1.82) is 0 Å². The Hall–Kier alpha value is -2.24. The average Bonchev–Trinajstić information content (AvgIpc) is 2.39. The Balaban J connectivity index is 3.04. The van der Waals surface area contributed by atoms with E-state index >= 15 is 0 Å². The van der Waals surface area contributed by atoms with Gasteiger partial charge in [-0.15, -0.1) is 0 Å². The number of carboxylic acids is 1. The number of carbonyl (C=O) groups is 2. The van der Waals surface area contributed by atoms with E-state index in [-0.39, 0.29) is 24.2 Å². The summed E-state index contributed by atoms with van der Waals surface area (Å²) in [6.07, 6.45) is -0.460. The summed E-state index contributed by atoms with van der Waals surface area (Å²) in [5.41, 5.74) is 0.0400. The van der Waals surface area contributed by atoms with E-state index in [1.54, 1.807) is 13.8 Å². The van der Waals surface area contributed by atoms with Gasteiger partial charge in [-0.2, -0.15) is 0 Å². The van der Waals surface area contributed by atoms with Crippen LogP contribution in [0.1, 0.15) is 37.0 Å². The third-order valence-corrected chi connectivity index (χ3v) is 2.53. The van der Waals surface area contributed by atoms with E-state index in [2.05, 4.69) is 0 Å². The van der Waals surface area contributed by atoms with Crippen LogP contribution in [0.2, 0.25) is 0 Å². The molecule has 0 saturated carbocycles. The molecule has 110 valence electrons. The zero-order valence-electron chi connectivity index (χ0n) is 11.5. The smallest absolute Gasteiger partial charge is 0.303 e. The van der Waals surface area contributed by atoms with Crippen molar-refractivity contribution < 1.29 is 29.3 Å². The van der Waals surface area contributed by atoms with Gasteiger partial charge in [0.15, 0.2) is 17.3 Å². The molecule has 1 aromatic rings. The highest BCUT2D eigenvalue weighted by Crippen LogP contribution is 2.35. The van der Waals surface area contributed by atoms with Crippen LogP contribution in [-0.2, 0) is 4.79 Å². The van der Waals surface area contributed by atoms with Gasteiger partial charge in [-0.3, -0.25) is 9.59 Å². The number of aromatic hydroxyl groups is 1. The number of phenols is 1. The van der Waals surface area contributed by atoms with Gasteiger partial charge in [0.25, 0.3) is 0 Å². The maximum absolute atomic E-state index is 11.9. The highest BCUT2D eigenvalue weighted by atomic mass is 16.5. The Morgan fingerprint density at radius 3 is 2.10 bits per heavy atom. The lowest BCUT2D eigenvalue weighted by Crippen LogP contribution is -2.06. The second-order valence-electron chi connectivity index (χ2n) is 4.00. The van der Waals surface area contributed by atoms with Crippen molar-refractivity contribution in [3.05, 3.63) is 17.7 Å². The van der Waals surface area contributed by atoms with E-state index in [0.717, 1.165) is 0 Å². The van der Waals surface area contributed by atoms with Crippen molar-refractivity contribution in [2.24, 2.45) is 0 Å². The van der Waals surface area contributed by atoms with E-state index < -0.39 is 11.8 Å². The molecule has 6 heteroatoms. The molecule has 1 aromatic carbocycles. The van der Waals surface area contributed by atoms with Crippen LogP contribution in [0.3, 0.4) is 0 Å². The summed E-state index contributed by atoms with van der Waals surface area (Å²) in [5, 5.41) is 18.4. The van der Waals surface area contributed by atoms with Crippen LogP contribution in [0.15, 0.2) is 12.1 Å². The Bertz CT molecular complexity index is 495. The van der Waals surface area contributed by atoms with Crippen molar-refractivity contribution in [2.75, 3.05) is 13.2 Å². The first kappa shape index (κ1) is 15.8. The minimum atomic E-state index is -1.06. The topological polar surface area (TPSA) is 93.1 Å². The Morgan fingerprint density at radius 2 is 1.60 bits per heavy atom. The number of ether oxygens (including phenoxy) is 2. The quantitative estimate of drug-likeness (QED) is 0.710. The fourth-order valence-corrected chi connectivity index (χ4v) is 1.66. The first-order valence-corrected chi connectivity index (χ1v) is 6.37. The largest absolute Gasteiger partial charge is 0.507 e. The summed E-state index contributed by atoms with van der Waals surface area (Å²) < 4.78 is 10.7. The molecule has 0 atom stereocenters. The molecular weight excluding hydrogens is 264 g/mol. The standard InChI is InChI=1S/C14H18O6/c1-3-19-12-7-9(10(15)5-6-14(17)18)11(16)8-13(12)20-4-2/h7-8,16H,3-6H2,1-2H3,(H,17,18). The van der Waals surface area contributed by atoms with Crippen LogP contribution < -0.4 is 9.47 Å². The van der Waals surface area contributed by atoms with E-state index in [9.17, 15) is 14.7 Å². The zero-order chi connectivity index (χ0) is 15.1. The lowest BCUT2D eigenvalue weighted by atomic mass is 10.0. The van der Waals surface area contributed by atoms with Gasteiger partial charge < -0.3 is 19.7 Å². The SMILES string of the molecule is CCOc1cc(O)c(C(=O)CCC(=O)O)cc1OCC. The van der Waals surface area contributed by atoms with Gasteiger partial charge in [-0.05, 0) is 19.9 Å². The molecule has 0 amide bonds. The van der Waals surface area contributed by atoms with Crippen molar-refractivity contribution in [3.8, 4) is 17.2 Å². The molecule has 0 unspecified atom stereocenters. The lowest BCUT2D eigenvalue weighted by Gasteiger charge is -2.13. The van der Waals surface area contributed by atoms with Crippen LogP contribution in [0.25, 0.3) is 0 Å². The third-order valence-electron chi connectivity index (χ3n) is 2.53. The monoisotopic (exact) mass is 282 g/mol. The molecular formula is C14H18O6. The minimum absolute atomic E-state index is 0.0400. The fourth-order valence-electron chi connectivity index (χ4n) is 1.66. The summed E-state index contributed by atoms with van der Waals surface area (Å²) in [6.45, 7) is 4.35. The van der Waals surface area contributed by atoms with Crippen molar-refractivity contribution >= 4 is 11.8 Å². The summed E-state index contributed by atoms with van der Waals surface area (Å²) in [7, 11) is 0. The molecule has 6 nitrogen and oxygen atoms in total. The summed E-state index contributed by atoms with van der Waals surface area (Å²) in [4.78, 5) is 22.3. The van der Waals surface area contributed by atoms with E-state index in [4.69, 9.17) is 14.6 Å². The molecule has 0 radical (unpaired) electrons. The lowest BCUT2D eigenvalue weighted by molar-refractivity contribution is -0.136. The van der Waals surface area contributed by atoms with Crippen LogP contribution in [-0.4, -0.2) is 35.2 Å². The number of hydrogen-bond donors (Lipinski definition) is 2. The normalized spacial score (nSPS) is 10.1. The predicted octanol–water partition coefficient (Wildman–Crippen LogP) is 2.24. The number of Topliss-reactive ketones (excluding diaryl/α,β-unsaturated/α-hetero) is 1. The minimum Gasteiger partial charge on any atom is -0.507 e. The number of aliphatic carboxylic acids is 1. The first-order valence-electron chi connectivity index (χ1n) is 6.37. The molecule has 2 N–H and O–H groups in total. The maximum atomic E-state index is 11.9. The Labute approximate surface area is 116 Å². The van der Waals surface area contributed by atoms with Crippen molar-refractivity contribution in [3.63, 3.8) is 0 Å². The second-order valence-corrected chi connectivity index (χ2v) is 4.00. The van der Waals surface area contributed by atoms with Crippen molar-refractivity contribution in [1.82, 2.24) is 0 Å². The van der Waals surface area contributed by atoms with Crippen LogP contribution in [0, 0.1) is 0 Å². The summed E-state index contributed by atoms with van der Waals surface area (Å²) in [5.74, 6) is -1.05. The van der Waals surface area contributed by atoms with Gasteiger partial charge in [-0.25, -0.2) is 0 Å². The number of phenolic OH excluding ortho intramolecular Hbond substituents is 1. The highest BCUT2D eigenvalue weighted by molar-refractivity contribution is 6.00. The van der Waals surface area contributed by atoms with Gasteiger partial charge in [0.2, 0.25) is 0 Å². The summed E-state index contributed by atoms with van der Waals surface area (Å²) >= 11 is 0. The van der Waals surface area contributed by atoms with Gasteiger partial charge in [0.05, 0.1) is 25.2 Å². The van der Waals surface area contributed by atoms with E-state index in [1.165, 1.54) is 12.1 Å². The van der Waals surface area contributed by atoms with Crippen molar-refractivity contribution in [2.45, 2.75) is 26.7 Å². The molecule has 0 aliphatic rings. The van der Waals surface area contributed by atoms with Gasteiger partial charge in [-0.1, -0.05) is 0 Å². The molecule has 20 heavy (non-hydrogen) atoms. The third kappa shape index (κ3) is 4.15. The zero-order valence-corrected chi connectivity index (χ0v) is 11.5. The maximum Gasteiger partial charge on any atom is 0.303 e. The number of carbonyl (C=O) groups excluding carboxylic acids is 1. The Morgan fingerprint density at radius 1 is 1.05 bits per heavy atom. The number of benzene rings is 1. The van der Waals surface area contributed by atoms with Crippen LogP contribution in [0.4, 0.5) is 0 Å². The van der Waals surface area contributed by atoms with Gasteiger partial charge in [0.1, 0.15) is 5.75 Å². The number of carboxylic acid groups (broad SMARTS) is 1. The van der Waals surface area contributed by atoms with Gasteiger partial charge in [0, 0.05) is 12.5 Å². The molecule has 0 spiro atoms. The summed E-state index contributed by atoms with van der Waals surface area (Å²) in [6, 6.07) is 2.69. The molecule has 0 fully saturated rings. The second kappa shape index (κ2) is 7.37. The van der Waals surface area contributed by atoms with Crippen LogP contribution in [0.5, 0.6) is 17.2 Å². The average molecular weight is 282 g/mol. The van der Waals surface area contributed by atoms with Crippen LogP contribution >= 0.6 is 0 Å². The molecule has 0 bridgehead atoms. The predicted molar refractivity (Wildman–Crippen MR) is 71.6 cm³/mol. The van der Waals surface area contributed by atoms with E-state index in [1.807, 2.05) is 0 Å². The first-order chi connectivity index (χ1) is 9.49. The van der Waals surface area contributed by atoms with E-state index in [0.29, 0.717) is 24.7 Å². The highest BCUT2D eigenvalue weighted by Gasteiger charge is 2.17. The number of ketones is 1. The molecule has 0 aromatic heterocycles. The number of hydrogen-bond acceptors (Lipinski definition) is 5. The number of rotatable bonds is 8. The molecule has 0 saturated heterocycles. The Kier molecular flexibility index (Phi) is 5.83. The molecule has 1 rings (SSSR count). The molecule has 0 heterocycles.